The number of carbonyl (C=O) groups is 3. The fraction of sp³-hybridized carbons (Fsp3) is 0.250. The van der Waals surface area contributed by atoms with E-state index >= 15 is 0 Å². The van der Waals surface area contributed by atoms with Crippen molar-refractivity contribution in [2.75, 3.05) is 30.8 Å². The van der Waals surface area contributed by atoms with E-state index in [0.29, 0.717) is 11.4 Å². The Kier molecular flexibility index (Phi) is 8.14. The quantitative estimate of drug-likeness (QED) is 0.575. The Morgan fingerprint density at radius 2 is 1.61 bits per heavy atom. The smallest absolute Gasteiger partial charge is 0.337 e. The number of carbonyl (C=O) groups excluding carboxylic acids is 3. The second-order valence-corrected chi connectivity index (χ2v) is 8.69. The van der Waals surface area contributed by atoms with Gasteiger partial charge in [0.25, 0.3) is 0 Å². The van der Waals surface area contributed by atoms with Crippen molar-refractivity contribution in [3.05, 3.63) is 53.1 Å². The molecule has 0 fully saturated rings. The van der Waals surface area contributed by atoms with Crippen molar-refractivity contribution >= 4 is 50.8 Å². The van der Waals surface area contributed by atoms with Crippen LogP contribution in [-0.4, -0.2) is 50.7 Å². The molecule has 2 N–H and O–H groups in total. The van der Waals surface area contributed by atoms with E-state index in [9.17, 15) is 22.8 Å². The molecule has 31 heavy (non-hydrogen) atoms. The highest BCUT2D eigenvalue weighted by atomic mass is 35.5. The number of nitrogens with zero attached hydrogens (tertiary/aromatic N) is 1. The second kappa shape index (κ2) is 10.4. The Labute approximate surface area is 185 Å². The van der Waals surface area contributed by atoms with Crippen LogP contribution in [0, 0.1) is 0 Å². The first-order valence-electron chi connectivity index (χ1n) is 9.14. The third-order valence-electron chi connectivity index (χ3n) is 4.13. The summed E-state index contributed by atoms with van der Waals surface area (Å²) in [6.07, 6.45) is 0. The van der Waals surface area contributed by atoms with Gasteiger partial charge < -0.3 is 15.4 Å². The maximum Gasteiger partial charge on any atom is 0.337 e. The topological polar surface area (TPSA) is 122 Å². The van der Waals surface area contributed by atoms with Crippen LogP contribution in [0.4, 0.5) is 11.4 Å². The van der Waals surface area contributed by atoms with Gasteiger partial charge in [0.2, 0.25) is 21.8 Å². The van der Waals surface area contributed by atoms with Crippen LogP contribution in [0.3, 0.4) is 0 Å². The molecule has 0 aliphatic carbocycles. The average molecular weight is 468 g/mol. The lowest BCUT2D eigenvalue weighted by atomic mass is 10.2. The first-order chi connectivity index (χ1) is 14.6. The van der Waals surface area contributed by atoms with Gasteiger partial charge in [-0.3, -0.25) is 9.59 Å². The SMILES string of the molecule is CCN(CC(=O)Nc1ccc(NC(C)=O)cc1)S(=O)(=O)c1ccc(C(=O)OC)cc1Cl. The van der Waals surface area contributed by atoms with Crippen molar-refractivity contribution in [1.29, 1.82) is 0 Å². The molecule has 0 saturated heterocycles. The molecular weight excluding hydrogens is 446 g/mol. The number of hydrogen-bond donors (Lipinski definition) is 2. The van der Waals surface area contributed by atoms with Crippen molar-refractivity contribution in [1.82, 2.24) is 4.31 Å². The van der Waals surface area contributed by atoms with E-state index in [0.717, 1.165) is 4.31 Å². The van der Waals surface area contributed by atoms with Crippen LogP contribution < -0.4 is 10.6 Å². The predicted molar refractivity (Wildman–Crippen MR) is 117 cm³/mol. The van der Waals surface area contributed by atoms with Gasteiger partial charge in [0, 0.05) is 24.8 Å². The monoisotopic (exact) mass is 467 g/mol. The van der Waals surface area contributed by atoms with Crippen LogP contribution in [0.15, 0.2) is 47.4 Å². The summed E-state index contributed by atoms with van der Waals surface area (Å²) in [4.78, 5) is 34.8. The van der Waals surface area contributed by atoms with Gasteiger partial charge in [-0.05, 0) is 42.5 Å². The van der Waals surface area contributed by atoms with Crippen molar-refractivity contribution in [2.45, 2.75) is 18.7 Å². The van der Waals surface area contributed by atoms with Crippen molar-refractivity contribution in [3.8, 4) is 0 Å². The van der Waals surface area contributed by atoms with E-state index in [4.69, 9.17) is 11.6 Å². The summed E-state index contributed by atoms with van der Waals surface area (Å²) < 4.78 is 31.5. The number of benzene rings is 2. The van der Waals surface area contributed by atoms with Crippen molar-refractivity contribution < 1.29 is 27.5 Å². The summed E-state index contributed by atoms with van der Waals surface area (Å²) in [7, 11) is -2.90. The summed E-state index contributed by atoms with van der Waals surface area (Å²) in [5, 5.41) is 5.05. The molecule has 0 saturated carbocycles. The summed E-state index contributed by atoms with van der Waals surface area (Å²) in [6, 6.07) is 10.1. The van der Waals surface area contributed by atoms with E-state index in [1.54, 1.807) is 31.2 Å². The molecule has 0 unspecified atom stereocenters. The highest BCUT2D eigenvalue weighted by Crippen LogP contribution is 2.26. The molecule has 11 heteroatoms. The van der Waals surface area contributed by atoms with Gasteiger partial charge in [0.05, 0.1) is 24.2 Å². The third kappa shape index (κ3) is 6.27. The first kappa shape index (κ1) is 24.3. The lowest BCUT2D eigenvalue weighted by Crippen LogP contribution is -2.38. The van der Waals surface area contributed by atoms with Crippen LogP contribution in [0.1, 0.15) is 24.2 Å². The lowest BCUT2D eigenvalue weighted by molar-refractivity contribution is -0.116. The van der Waals surface area contributed by atoms with Crippen LogP contribution in [-0.2, 0) is 24.3 Å². The number of sulfonamides is 1. The number of esters is 1. The molecule has 2 rings (SSSR count). The zero-order valence-corrected chi connectivity index (χ0v) is 18.7. The number of hydrogen-bond acceptors (Lipinski definition) is 6. The third-order valence-corrected chi connectivity index (χ3v) is 6.54. The highest BCUT2D eigenvalue weighted by Gasteiger charge is 2.28. The second-order valence-electron chi connectivity index (χ2n) is 6.37. The van der Waals surface area contributed by atoms with E-state index < -0.39 is 28.4 Å². The molecule has 9 nitrogen and oxygen atoms in total. The number of anilines is 2. The summed E-state index contributed by atoms with van der Waals surface area (Å²) in [5.74, 6) is -1.43. The lowest BCUT2D eigenvalue weighted by Gasteiger charge is -2.21. The molecule has 2 aromatic carbocycles. The number of methoxy groups -OCH3 is 1. The summed E-state index contributed by atoms with van der Waals surface area (Å²) >= 11 is 6.09. The van der Waals surface area contributed by atoms with Crippen LogP contribution in [0.25, 0.3) is 0 Å². The van der Waals surface area contributed by atoms with Crippen LogP contribution in [0.2, 0.25) is 5.02 Å². The molecule has 0 spiro atoms. The van der Waals surface area contributed by atoms with Gasteiger partial charge in [-0.1, -0.05) is 18.5 Å². The Bertz CT molecular complexity index is 1090. The largest absolute Gasteiger partial charge is 0.465 e. The number of nitrogens with one attached hydrogen (secondary N) is 2. The zero-order valence-electron chi connectivity index (χ0n) is 17.1. The Morgan fingerprint density at radius 1 is 1.03 bits per heavy atom. The molecule has 0 aliphatic heterocycles. The molecule has 2 amide bonds. The zero-order chi connectivity index (χ0) is 23.2. The molecule has 0 bridgehead atoms. The number of amides is 2. The molecular formula is C20H22ClN3O6S. The number of likely N-dealkylation sites (N-methyl/N-ethyl adjacent to an activating group) is 1. The molecule has 0 atom stereocenters. The number of halogens is 1. The van der Waals surface area contributed by atoms with Gasteiger partial charge >= 0.3 is 5.97 Å². The van der Waals surface area contributed by atoms with Gasteiger partial charge in [0.15, 0.2) is 0 Å². The van der Waals surface area contributed by atoms with E-state index in [-0.39, 0.29) is 27.9 Å². The fourth-order valence-corrected chi connectivity index (χ4v) is 4.59. The van der Waals surface area contributed by atoms with Crippen molar-refractivity contribution in [3.63, 3.8) is 0 Å². The standard InChI is InChI=1S/C20H22ClN3O6S/c1-4-24(12-19(26)23-16-8-6-15(7-9-16)22-13(2)25)31(28,29)18-10-5-14(11-17(18)21)20(27)30-3/h5-11H,4,12H2,1-3H3,(H,22,25)(H,23,26). The van der Waals surface area contributed by atoms with Crippen molar-refractivity contribution in [2.24, 2.45) is 0 Å². The fourth-order valence-electron chi connectivity index (χ4n) is 2.66. The minimum Gasteiger partial charge on any atom is -0.465 e. The average Bonchev–Trinajstić information content (AvgIpc) is 2.72. The molecule has 2 aromatic rings. The van der Waals surface area contributed by atoms with Gasteiger partial charge in [-0.25, -0.2) is 13.2 Å². The Morgan fingerprint density at radius 3 is 2.10 bits per heavy atom. The van der Waals surface area contributed by atoms with E-state index in [1.807, 2.05) is 0 Å². The molecule has 0 heterocycles. The van der Waals surface area contributed by atoms with E-state index in [2.05, 4.69) is 15.4 Å². The first-order valence-corrected chi connectivity index (χ1v) is 11.0. The minimum atomic E-state index is -4.10. The van der Waals surface area contributed by atoms with Crippen LogP contribution in [0.5, 0.6) is 0 Å². The maximum atomic E-state index is 13.0. The van der Waals surface area contributed by atoms with Crippen LogP contribution >= 0.6 is 11.6 Å². The van der Waals surface area contributed by atoms with Gasteiger partial charge in [-0.2, -0.15) is 4.31 Å². The highest BCUT2D eigenvalue weighted by molar-refractivity contribution is 7.89. The number of rotatable bonds is 8. The molecule has 166 valence electrons. The Balaban J connectivity index is 2.14. The summed E-state index contributed by atoms with van der Waals surface area (Å²) in [6.45, 7) is 2.54. The normalized spacial score (nSPS) is 11.1. The summed E-state index contributed by atoms with van der Waals surface area (Å²) in [5.41, 5.74) is 1.11. The maximum absolute atomic E-state index is 13.0. The molecule has 0 aromatic heterocycles. The molecule has 0 radical (unpaired) electrons. The minimum absolute atomic E-state index is 0.0201. The molecule has 0 aliphatic rings. The predicted octanol–water partition coefficient (Wildman–Crippen LogP) is 2.73. The Hall–Kier alpha value is -2.95. The van der Waals surface area contributed by atoms with Gasteiger partial charge in [0.1, 0.15) is 4.90 Å². The van der Waals surface area contributed by atoms with E-state index in [1.165, 1.54) is 32.2 Å². The number of ether oxygens (including phenoxy) is 1. The van der Waals surface area contributed by atoms with Gasteiger partial charge in [-0.15, -0.1) is 0 Å².